The predicted octanol–water partition coefficient (Wildman–Crippen LogP) is 3.84. The number of nitriles is 1. The standard InChI is InChI=1S/C14H10BrNO2/c1-9-10(6-7-18-9)14(17)12(8-16)11-4-2-3-5-13(11)15/h2-7,12H,1H3. The van der Waals surface area contributed by atoms with E-state index in [1.165, 1.54) is 6.26 Å². The van der Waals surface area contributed by atoms with Gasteiger partial charge in [-0.15, -0.1) is 0 Å². The zero-order valence-corrected chi connectivity index (χ0v) is 11.3. The molecule has 1 aromatic carbocycles. The summed E-state index contributed by atoms with van der Waals surface area (Å²) in [4.78, 5) is 12.3. The number of ketones is 1. The molecule has 2 rings (SSSR count). The van der Waals surface area contributed by atoms with Gasteiger partial charge in [0.25, 0.3) is 0 Å². The van der Waals surface area contributed by atoms with Crippen molar-refractivity contribution >= 4 is 21.7 Å². The largest absolute Gasteiger partial charge is 0.469 e. The number of Topliss-reactive ketones (excluding diaryl/α,β-unsaturated/α-hetero) is 1. The molecule has 0 N–H and O–H groups in total. The van der Waals surface area contributed by atoms with Gasteiger partial charge in [0, 0.05) is 4.47 Å². The van der Waals surface area contributed by atoms with Gasteiger partial charge in [0.15, 0.2) is 5.78 Å². The van der Waals surface area contributed by atoms with Gasteiger partial charge in [-0.05, 0) is 24.6 Å². The van der Waals surface area contributed by atoms with Crippen LogP contribution in [-0.4, -0.2) is 5.78 Å². The van der Waals surface area contributed by atoms with Crippen molar-refractivity contribution in [3.8, 4) is 6.07 Å². The normalized spacial score (nSPS) is 11.8. The number of rotatable bonds is 3. The Morgan fingerprint density at radius 2 is 2.11 bits per heavy atom. The highest BCUT2D eigenvalue weighted by molar-refractivity contribution is 9.10. The molecular weight excluding hydrogens is 294 g/mol. The van der Waals surface area contributed by atoms with Gasteiger partial charge in [-0.2, -0.15) is 5.26 Å². The Kier molecular flexibility index (Phi) is 3.63. The molecule has 1 atom stereocenters. The van der Waals surface area contributed by atoms with Crippen molar-refractivity contribution in [3.05, 3.63) is 58.0 Å². The molecule has 0 saturated carbocycles. The minimum atomic E-state index is -0.822. The van der Waals surface area contributed by atoms with Gasteiger partial charge >= 0.3 is 0 Å². The maximum absolute atomic E-state index is 12.3. The minimum absolute atomic E-state index is 0.240. The molecule has 0 aliphatic rings. The summed E-state index contributed by atoms with van der Waals surface area (Å²) in [6.07, 6.45) is 1.46. The molecule has 0 saturated heterocycles. The van der Waals surface area contributed by atoms with E-state index in [2.05, 4.69) is 22.0 Å². The van der Waals surface area contributed by atoms with Crippen LogP contribution in [0.3, 0.4) is 0 Å². The summed E-state index contributed by atoms with van der Waals surface area (Å²) in [7, 11) is 0. The third-order valence-electron chi connectivity index (χ3n) is 2.73. The first-order valence-electron chi connectivity index (χ1n) is 5.37. The molecule has 0 fully saturated rings. The van der Waals surface area contributed by atoms with E-state index < -0.39 is 5.92 Å². The molecule has 90 valence electrons. The van der Waals surface area contributed by atoms with Crippen molar-refractivity contribution in [2.45, 2.75) is 12.8 Å². The van der Waals surface area contributed by atoms with Crippen LogP contribution in [0.2, 0.25) is 0 Å². The second kappa shape index (κ2) is 5.19. The topological polar surface area (TPSA) is 54.0 Å². The summed E-state index contributed by atoms with van der Waals surface area (Å²) < 4.78 is 5.86. The van der Waals surface area contributed by atoms with Crippen LogP contribution in [-0.2, 0) is 0 Å². The molecule has 3 nitrogen and oxygen atoms in total. The number of aryl methyl sites for hydroxylation is 1. The number of halogens is 1. The SMILES string of the molecule is Cc1occc1C(=O)C(C#N)c1ccccc1Br. The van der Waals surface area contributed by atoms with E-state index in [1.807, 2.05) is 12.1 Å². The van der Waals surface area contributed by atoms with E-state index in [1.54, 1.807) is 25.1 Å². The first-order chi connectivity index (χ1) is 8.65. The lowest BCUT2D eigenvalue weighted by Gasteiger charge is -2.09. The van der Waals surface area contributed by atoms with Crippen molar-refractivity contribution in [1.29, 1.82) is 5.26 Å². The van der Waals surface area contributed by atoms with Crippen LogP contribution in [0.25, 0.3) is 0 Å². The summed E-state index contributed by atoms with van der Waals surface area (Å²) in [5.74, 6) is -0.528. The molecule has 2 aromatic rings. The fourth-order valence-corrected chi connectivity index (χ4v) is 2.29. The maximum atomic E-state index is 12.3. The second-order valence-electron chi connectivity index (χ2n) is 3.84. The average molecular weight is 304 g/mol. The van der Waals surface area contributed by atoms with Gasteiger partial charge in [-0.1, -0.05) is 34.1 Å². The van der Waals surface area contributed by atoms with Gasteiger partial charge in [0.1, 0.15) is 11.7 Å². The van der Waals surface area contributed by atoms with Crippen LogP contribution in [0.5, 0.6) is 0 Å². The van der Waals surface area contributed by atoms with E-state index >= 15 is 0 Å². The van der Waals surface area contributed by atoms with Crippen LogP contribution in [0.1, 0.15) is 27.6 Å². The highest BCUT2D eigenvalue weighted by Gasteiger charge is 2.25. The quantitative estimate of drug-likeness (QED) is 0.810. The number of hydrogen-bond donors (Lipinski definition) is 0. The van der Waals surface area contributed by atoms with E-state index in [0.29, 0.717) is 16.9 Å². The van der Waals surface area contributed by atoms with Gasteiger partial charge in [0.2, 0.25) is 0 Å². The number of furan rings is 1. The number of nitrogens with zero attached hydrogens (tertiary/aromatic N) is 1. The average Bonchev–Trinajstić information content (AvgIpc) is 2.78. The summed E-state index contributed by atoms with van der Waals surface area (Å²) in [6, 6.07) is 10.9. The number of carbonyl (C=O) groups excluding carboxylic acids is 1. The van der Waals surface area contributed by atoms with Crippen LogP contribution >= 0.6 is 15.9 Å². The van der Waals surface area contributed by atoms with Crippen LogP contribution in [0.15, 0.2) is 45.5 Å². The lowest BCUT2D eigenvalue weighted by Crippen LogP contribution is -2.12. The van der Waals surface area contributed by atoms with E-state index in [9.17, 15) is 10.1 Å². The molecule has 0 amide bonds. The second-order valence-corrected chi connectivity index (χ2v) is 4.69. The molecule has 0 spiro atoms. The van der Waals surface area contributed by atoms with E-state index in [-0.39, 0.29) is 5.78 Å². The molecule has 0 radical (unpaired) electrons. The van der Waals surface area contributed by atoms with Crippen molar-refractivity contribution in [1.82, 2.24) is 0 Å². The Morgan fingerprint density at radius 3 is 2.67 bits per heavy atom. The highest BCUT2D eigenvalue weighted by atomic mass is 79.9. The smallest absolute Gasteiger partial charge is 0.187 e. The summed E-state index contributed by atoms with van der Waals surface area (Å²) in [5.41, 5.74) is 1.13. The molecule has 0 bridgehead atoms. The Balaban J connectivity index is 2.43. The minimum Gasteiger partial charge on any atom is -0.469 e. The molecule has 18 heavy (non-hydrogen) atoms. The summed E-state index contributed by atoms with van der Waals surface area (Å²) >= 11 is 3.36. The Bertz CT molecular complexity index is 625. The first-order valence-corrected chi connectivity index (χ1v) is 6.16. The van der Waals surface area contributed by atoms with Crippen molar-refractivity contribution in [3.63, 3.8) is 0 Å². The molecule has 0 aliphatic heterocycles. The monoisotopic (exact) mass is 303 g/mol. The summed E-state index contributed by atoms with van der Waals surface area (Å²) in [6.45, 7) is 1.71. The predicted molar refractivity (Wildman–Crippen MR) is 70.3 cm³/mol. The number of carbonyl (C=O) groups is 1. The summed E-state index contributed by atoms with van der Waals surface area (Å²) in [5, 5.41) is 9.24. The molecular formula is C14H10BrNO2. The van der Waals surface area contributed by atoms with Crippen LogP contribution in [0.4, 0.5) is 0 Å². The Hall–Kier alpha value is -1.86. The molecule has 1 heterocycles. The third-order valence-corrected chi connectivity index (χ3v) is 3.45. The van der Waals surface area contributed by atoms with Crippen molar-refractivity contribution < 1.29 is 9.21 Å². The fourth-order valence-electron chi connectivity index (χ4n) is 1.77. The maximum Gasteiger partial charge on any atom is 0.187 e. The Labute approximate surface area is 113 Å². The van der Waals surface area contributed by atoms with Gasteiger partial charge in [-0.3, -0.25) is 4.79 Å². The molecule has 1 aromatic heterocycles. The zero-order valence-electron chi connectivity index (χ0n) is 9.68. The van der Waals surface area contributed by atoms with Gasteiger partial charge < -0.3 is 4.42 Å². The lowest BCUT2D eigenvalue weighted by atomic mass is 9.92. The van der Waals surface area contributed by atoms with E-state index in [0.717, 1.165) is 4.47 Å². The Morgan fingerprint density at radius 1 is 1.39 bits per heavy atom. The van der Waals surface area contributed by atoms with Crippen molar-refractivity contribution in [2.24, 2.45) is 0 Å². The fraction of sp³-hybridized carbons (Fsp3) is 0.143. The van der Waals surface area contributed by atoms with Crippen molar-refractivity contribution in [2.75, 3.05) is 0 Å². The van der Waals surface area contributed by atoms with E-state index in [4.69, 9.17) is 4.42 Å². The molecule has 4 heteroatoms. The van der Waals surface area contributed by atoms with Crippen LogP contribution in [0, 0.1) is 18.3 Å². The number of benzene rings is 1. The highest BCUT2D eigenvalue weighted by Crippen LogP contribution is 2.28. The van der Waals surface area contributed by atoms with Gasteiger partial charge in [-0.25, -0.2) is 0 Å². The number of hydrogen-bond acceptors (Lipinski definition) is 3. The third kappa shape index (κ3) is 2.22. The molecule has 1 unspecified atom stereocenters. The zero-order chi connectivity index (χ0) is 13.1. The molecule has 0 aliphatic carbocycles. The van der Waals surface area contributed by atoms with Crippen LogP contribution < -0.4 is 0 Å². The van der Waals surface area contributed by atoms with Gasteiger partial charge in [0.05, 0.1) is 17.9 Å². The first kappa shape index (κ1) is 12.6. The lowest BCUT2D eigenvalue weighted by molar-refractivity contribution is 0.0977.